The van der Waals surface area contributed by atoms with Crippen molar-refractivity contribution in [1.29, 1.82) is 0 Å². The number of amides is 2. The van der Waals surface area contributed by atoms with Gasteiger partial charge in [-0.1, -0.05) is 36.4 Å². The van der Waals surface area contributed by atoms with Crippen molar-refractivity contribution >= 4 is 17.6 Å². The van der Waals surface area contributed by atoms with Gasteiger partial charge in [-0.05, 0) is 36.3 Å². The van der Waals surface area contributed by atoms with E-state index in [1.165, 1.54) is 16.0 Å². The van der Waals surface area contributed by atoms with Crippen molar-refractivity contribution in [2.45, 2.75) is 19.9 Å². The lowest BCUT2D eigenvalue weighted by molar-refractivity contribution is -0.123. The van der Waals surface area contributed by atoms with Gasteiger partial charge in [0.15, 0.2) is 5.82 Å². The smallest absolute Gasteiger partial charge is 0.239 e. The van der Waals surface area contributed by atoms with E-state index in [9.17, 15) is 9.59 Å². The molecule has 1 aromatic heterocycles. The molecule has 0 spiro atoms. The van der Waals surface area contributed by atoms with Crippen LogP contribution in [-0.2, 0) is 16.1 Å². The lowest BCUT2D eigenvalue weighted by atomic mass is 9.85. The molecule has 5 rings (SSSR count). The maximum Gasteiger partial charge on any atom is 0.239 e. The van der Waals surface area contributed by atoms with Crippen LogP contribution in [0.4, 0.5) is 5.82 Å². The first-order valence-corrected chi connectivity index (χ1v) is 8.77. The standard InChI is InChI=1S/C20H19N3O2/c1-12-4-2-3-5-15(12)11-22-9-8-16(21-22)23-19(24)17-13-6-7-14(10-13)18(17)20(23)25/h2-9,13-14,17-18H,10-11H2,1H3/t13-,14-,17-,18+/m0/s1. The summed E-state index contributed by atoms with van der Waals surface area (Å²) in [5, 5.41) is 4.51. The van der Waals surface area contributed by atoms with Crippen molar-refractivity contribution in [3.8, 4) is 0 Å². The molecular formula is C20H19N3O2. The number of fused-ring (bicyclic) bond motifs is 5. The molecule has 0 N–H and O–H groups in total. The molecule has 1 aromatic carbocycles. The highest BCUT2D eigenvalue weighted by Gasteiger charge is 2.59. The Morgan fingerprint density at radius 1 is 1.04 bits per heavy atom. The third kappa shape index (κ3) is 2.05. The number of hydrogen-bond acceptors (Lipinski definition) is 3. The Labute approximate surface area is 145 Å². The van der Waals surface area contributed by atoms with E-state index in [1.54, 1.807) is 10.7 Å². The Hall–Kier alpha value is -2.69. The van der Waals surface area contributed by atoms with Crippen LogP contribution < -0.4 is 4.90 Å². The van der Waals surface area contributed by atoms with E-state index in [0.717, 1.165) is 6.42 Å². The molecule has 0 radical (unpaired) electrons. The predicted molar refractivity (Wildman–Crippen MR) is 92.7 cm³/mol. The molecular weight excluding hydrogens is 314 g/mol. The third-order valence-corrected chi connectivity index (χ3v) is 5.92. The van der Waals surface area contributed by atoms with Crippen molar-refractivity contribution in [1.82, 2.24) is 9.78 Å². The number of nitrogens with zero attached hydrogens (tertiary/aromatic N) is 3. The molecule has 25 heavy (non-hydrogen) atoms. The Kier molecular flexibility index (Phi) is 3.02. The SMILES string of the molecule is Cc1ccccc1Cn1ccc(N2C(=O)[C@@H]3[C@H](C2=O)[C@H]2C=C[C@H]3C2)n1. The Balaban J connectivity index is 1.42. The summed E-state index contributed by atoms with van der Waals surface area (Å²) >= 11 is 0. The van der Waals surface area contributed by atoms with Crippen LogP contribution in [0.3, 0.4) is 0 Å². The topological polar surface area (TPSA) is 55.2 Å². The highest BCUT2D eigenvalue weighted by molar-refractivity contribution is 6.22. The van der Waals surface area contributed by atoms with Crippen LogP contribution in [0.25, 0.3) is 0 Å². The lowest BCUT2D eigenvalue weighted by Crippen LogP contribution is -2.33. The summed E-state index contributed by atoms with van der Waals surface area (Å²) in [7, 11) is 0. The van der Waals surface area contributed by atoms with Gasteiger partial charge in [0.25, 0.3) is 0 Å². The molecule has 2 heterocycles. The summed E-state index contributed by atoms with van der Waals surface area (Å²) in [5.74, 6) is 0.405. The van der Waals surface area contributed by atoms with Crippen LogP contribution >= 0.6 is 0 Å². The number of rotatable bonds is 3. The molecule has 1 saturated carbocycles. The molecule has 2 aliphatic carbocycles. The molecule has 1 saturated heterocycles. The van der Waals surface area contributed by atoms with Gasteiger partial charge in [-0.2, -0.15) is 5.10 Å². The number of hydrogen-bond donors (Lipinski definition) is 0. The molecule has 4 atom stereocenters. The van der Waals surface area contributed by atoms with Crippen molar-refractivity contribution in [3.63, 3.8) is 0 Å². The monoisotopic (exact) mass is 333 g/mol. The number of anilines is 1. The van der Waals surface area contributed by atoms with Crippen molar-refractivity contribution < 1.29 is 9.59 Å². The molecule has 5 nitrogen and oxygen atoms in total. The summed E-state index contributed by atoms with van der Waals surface area (Å²) in [6.45, 7) is 2.69. The second-order valence-electron chi connectivity index (χ2n) is 7.31. The van der Waals surface area contributed by atoms with Crippen LogP contribution in [0.1, 0.15) is 17.5 Å². The highest BCUT2D eigenvalue weighted by Crippen LogP contribution is 2.53. The minimum Gasteiger partial charge on any atom is -0.274 e. The minimum absolute atomic E-state index is 0.0759. The second kappa shape index (κ2) is 5.15. The van der Waals surface area contributed by atoms with Gasteiger partial charge in [0.1, 0.15) is 0 Å². The largest absolute Gasteiger partial charge is 0.274 e. The van der Waals surface area contributed by atoms with Gasteiger partial charge in [0.2, 0.25) is 11.8 Å². The number of carbonyl (C=O) groups is 2. The van der Waals surface area contributed by atoms with E-state index >= 15 is 0 Å². The number of carbonyl (C=O) groups excluding carboxylic acids is 2. The van der Waals surface area contributed by atoms with Crippen LogP contribution in [-0.4, -0.2) is 21.6 Å². The number of aromatic nitrogens is 2. The zero-order valence-corrected chi connectivity index (χ0v) is 14.0. The average Bonchev–Trinajstić information content (AvgIpc) is 3.35. The summed E-state index contributed by atoms with van der Waals surface area (Å²) in [6.07, 6.45) is 7.00. The van der Waals surface area contributed by atoms with E-state index in [0.29, 0.717) is 12.4 Å². The number of imide groups is 1. The zero-order chi connectivity index (χ0) is 17.1. The lowest BCUT2D eigenvalue weighted by Gasteiger charge is -2.14. The minimum atomic E-state index is -0.177. The first kappa shape index (κ1) is 14.6. The van der Waals surface area contributed by atoms with E-state index in [4.69, 9.17) is 0 Å². The van der Waals surface area contributed by atoms with Gasteiger partial charge in [0, 0.05) is 12.3 Å². The average molecular weight is 333 g/mol. The highest BCUT2D eigenvalue weighted by atomic mass is 16.2. The normalized spacial score (nSPS) is 29.7. The molecule has 0 unspecified atom stereocenters. The van der Waals surface area contributed by atoms with E-state index in [2.05, 4.69) is 36.3 Å². The van der Waals surface area contributed by atoms with E-state index < -0.39 is 0 Å². The molecule has 2 fully saturated rings. The Morgan fingerprint density at radius 2 is 1.72 bits per heavy atom. The molecule has 3 aliphatic rings. The van der Waals surface area contributed by atoms with Crippen molar-refractivity contribution in [3.05, 3.63) is 59.8 Å². The Morgan fingerprint density at radius 3 is 2.40 bits per heavy atom. The van der Waals surface area contributed by atoms with Crippen LogP contribution in [0.2, 0.25) is 0 Å². The van der Waals surface area contributed by atoms with Crippen LogP contribution in [0.5, 0.6) is 0 Å². The first-order chi connectivity index (χ1) is 12.1. The molecule has 1 aliphatic heterocycles. The summed E-state index contributed by atoms with van der Waals surface area (Å²) in [5.41, 5.74) is 2.38. The predicted octanol–water partition coefficient (Wildman–Crippen LogP) is 2.55. The van der Waals surface area contributed by atoms with Gasteiger partial charge in [-0.15, -0.1) is 0 Å². The molecule has 2 amide bonds. The number of benzene rings is 1. The molecule has 2 aromatic rings. The number of aryl methyl sites for hydroxylation is 1. The fourth-order valence-electron chi connectivity index (χ4n) is 4.65. The number of allylic oxidation sites excluding steroid dienone is 2. The summed E-state index contributed by atoms with van der Waals surface area (Å²) in [4.78, 5) is 27.0. The van der Waals surface area contributed by atoms with E-state index in [-0.39, 0.29) is 35.5 Å². The van der Waals surface area contributed by atoms with Crippen LogP contribution in [0.15, 0.2) is 48.7 Å². The molecule has 126 valence electrons. The van der Waals surface area contributed by atoms with Gasteiger partial charge in [0.05, 0.1) is 18.4 Å². The fourth-order valence-corrected chi connectivity index (χ4v) is 4.65. The van der Waals surface area contributed by atoms with Gasteiger partial charge < -0.3 is 0 Å². The zero-order valence-electron chi connectivity index (χ0n) is 14.0. The van der Waals surface area contributed by atoms with Crippen LogP contribution in [0, 0.1) is 30.6 Å². The van der Waals surface area contributed by atoms with Gasteiger partial charge in [-0.25, -0.2) is 4.90 Å². The third-order valence-electron chi connectivity index (χ3n) is 5.92. The maximum atomic E-state index is 12.8. The maximum absolute atomic E-state index is 12.8. The quantitative estimate of drug-likeness (QED) is 0.641. The fraction of sp³-hybridized carbons (Fsp3) is 0.350. The summed E-state index contributed by atoms with van der Waals surface area (Å²) in [6, 6.07) is 9.92. The Bertz CT molecular complexity index is 883. The summed E-state index contributed by atoms with van der Waals surface area (Å²) < 4.78 is 1.79. The van der Waals surface area contributed by atoms with E-state index in [1.807, 2.05) is 18.3 Å². The second-order valence-corrected chi connectivity index (χ2v) is 7.31. The van der Waals surface area contributed by atoms with Gasteiger partial charge in [-0.3, -0.25) is 14.3 Å². The molecule has 2 bridgehead atoms. The van der Waals surface area contributed by atoms with Crippen molar-refractivity contribution in [2.75, 3.05) is 4.90 Å². The first-order valence-electron chi connectivity index (χ1n) is 8.77. The molecule has 5 heteroatoms. The van der Waals surface area contributed by atoms with Gasteiger partial charge >= 0.3 is 0 Å². The van der Waals surface area contributed by atoms with Crippen molar-refractivity contribution in [2.24, 2.45) is 23.7 Å².